The average molecular weight is 426 g/mol. The molecule has 1 aliphatic heterocycles. The molecule has 29 heavy (non-hydrogen) atoms. The average Bonchev–Trinajstić information content (AvgIpc) is 2.95. The van der Waals surface area contributed by atoms with Crippen LogP contribution >= 0.6 is 23.2 Å². The van der Waals surface area contributed by atoms with Gasteiger partial charge in [-0.1, -0.05) is 59.6 Å². The smallest absolute Gasteiger partial charge is 0.255 e. The van der Waals surface area contributed by atoms with Gasteiger partial charge in [0.1, 0.15) is 0 Å². The quantitative estimate of drug-likeness (QED) is 0.559. The van der Waals surface area contributed by atoms with E-state index in [-0.39, 0.29) is 11.9 Å². The molecule has 3 nitrogen and oxygen atoms in total. The van der Waals surface area contributed by atoms with Crippen LogP contribution in [0.4, 0.5) is 0 Å². The first kappa shape index (κ1) is 20.0. The fraction of sp³-hybridized carbons (Fsp3) is 0.208. The molecule has 148 valence electrons. The summed E-state index contributed by atoms with van der Waals surface area (Å²) in [5.41, 5.74) is 3.24. The lowest BCUT2D eigenvalue weighted by molar-refractivity contribution is 0.0733. The van der Waals surface area contributed by atoms with Crippen molar-refractivity contribution in [2.45, 2.75) is 32.0 Å². The molecule has 0 fully saturated rings. The summed E-state index contributed by atoms with van der Waals surface area (Å²) in [6.07, 6.45) is 0. The zero-order valence-corrected chi connectivity index (χ0v) is 17.7. The molecule has 0 bridgehead atoms. The van der Waals surface area contributed by atoms with E-state index in [2.05, 4.69) is 0 Å². The Morgan fingerprint density at radius 3 is 2.10 bits per heavy atom. The summed E-state index contributed by atoms with van der Waals surface area (Å²) < 4.78 is 0. The van der Waals surface area contributed by atoms with Crippen LogP contribution in [0.2, 0.25) is 10.0 Å². The second kappa shape index (κ2) is 7.49. The number of hydrogen-bond acceptors (Lipinski definition) is 2. The molecule has 3 aromatic rings. The molecule has 1 atom stereocenters. The molecular weight excluding hydrogens is 405 g/mol. The van der Waals surface area contributed by atoms with Crippen LogP contribution in [-0.4, -0.2) is 15.9 Å². The van der Waals surface area contributed by atoms with Gasteiger partial charge in [0, 0.05) is 22.2 Å². The van der Waals surface area contributed by atoms with Crippen LogP contribution in [0.25, 0.3) is 0 Å². The minimum Gasteiger partial charge on any atom is -0.386 e. The van der Waals surface area contributed by atoms with Crippen molar-refractivity contribution in [3.8, 4) is 0 Å². The normalized spacial score (nSPS) is 16.2. The summed E-state index contributed by atoms with van der Waals surface area (Å²) in [6.45, 7) is 3.89. The van der Waals surface area contributed by atoms with Gasteiger partial charge < -0.3 is 10.0 Å². The number of carbonyl (C=O) groups excluding carboxylic acids is 1. The van der Waals surface area contributed by atoms with E-state index in [1.54, 1.807) is 13.8 Å². The van der Waals surface area contributed by atoms with Crippen LogP contribution in [0.15, 0.2) is 66.7 Å². The van der Waals surface area contributed by atoms with Gasteiger partial charge in [-0.25, -0.2) is 0 Å². The minimum atomic E-state index is -1.02. The molecule has 0 saturated heterocycles. The Morgan fingerprint density at radius 2 is 1.52 bits per heavy atom. The van der Waals surface area contributed by atoms with Crippen molar-refractivity contribution in [1.29, 1.82) is 0 Å². The van der Waals surface area contributed by atoms with E-state index in [1.165, 1.54) is 0 Å². The zero-order chi connectivity index (χ0) is 20.8. The van der Waals surface area contributed by atoms with E-state index < -0.39 is 5.60 Å². The maximum Gasteiger partial charge on any atom is 0.255 e. The van der Waals surface area contributed by atoms with Gasteiger partial charge in [0.05, 0.1) is 11.6 Å². The van der Waals surface area contributed by atoms with Gasteiger partial charge in [0.15, 0.2) is 0 Å². The van der Waals surface area contributed by atoms with Gasteiger partial charge in [0.2, 0.25) is 0 Å². The van der Waals surface area contributed by atoms with Gasteiger partial charge in [-0.15, -0.1) is 0 Å². The number of fused-ring (bicyclic) bond motifs is 1. The molecule has 1 aliphatic rings. The fourth-order valence-corrected chi connectivity index (χ4v) is 4.01. The van der Waals surface area contributed by atoms with Crippen LogP contribution in [0.1, 0.15) is 52.5 Å². The lowest BCUT2D eigenvalue weighted by Gasteiger charge is -2.26. The molecule has 0 spiro atoms. The molecule has 4 rings (SSSR count). The second-order valence-electron chi connectivity index (χ2n) is 7.87. The van der Waals surface area contributed by atoms with E-state index in [0.717, 1.165) is 16.7 Å². The third-order valence-corrected chi connectivity index (χ3v) is 5.81. The number of amides is 1. The molecular formula is C24H21Cl2NO2. The van der Waals surface area contributed by atoms with Crippen molar-refractivity contribution >= 4 is 29.1 Å². The van der Waals surface area contributed by atoms with Gasteiger partial charge in [0.25, 0.3) is 5.91 Å². The van der Waals surface area contributed by atoms with Crippen LogP contribution in [0.3, 0.4) is 0 Å². The molecule has 0 saturated carbocycles. The molecule has 0 radical (unpaired) electrons. The highest BCUT2D eigenvalue weighted by molar-refractivity contribution is 6.30. The number of halogens is 2. The third kappa shape index (κ3) is 3.91. The number of rotatable bonds is 4. The first-order valence-corrected chi connectivity index (χ1v) is 10.2. The zero-order valence-electron chi connectivity index (χ0n) is 16.2. The maximum atomic E-state index is 13.4. The Morgan fingerprint density at radius 1 is 0.931 bits per heavy atom. The monoisotopic (exact) mass is 425 g/mol. The van der Waals surface area contributed by atoms with E-state index in [9.17, 15) is 9.90 Å². The van der Waals surface area contributed by atoms with Crippen molar-refractivity contribution in [3.05, 3.63) is 105 Å². The minimum absolute atomic E-state index is 0.0546. The van der Waals surface area contributed by atoms with Crippen molar-refractivity contribution < 1.29 is 9.90 Å². The molecule has 3 aromatic carbocycles. The number of nitrogens with zero attached hydrogens (tertiary/aromatic N) is 1. The summed E-state index contributed by atoms with van der Waals surface area (Å²) in [4.78, 5) is 15.2. The summed E-state index contributed by atoms with van der Waals surface area (Å²) in [7, 11) is 0. The SMILES string of the molecule is CC(C)(O)c1ccc2c(c1)C(=O)N(Cc1ccc(Cl)cc1)C2c1ccc(Cl)cc1. The summed E-state index contributed by atoms with van der Waals surface area (Å²) in [6, 6.07) is 20.5. The Kier molecular flexibility index (Phi) is 5.16. The molecule has 1 N–H and O–H groups in total. The number of hydrogen-bond donors (Lipinski definition) is 1. The second-order valence-corrected chi connectivity index (χ2v) is 8.75. The van der Waals surface area contributed by atoms with Crippen LogP contribution < -0.4 is 0 Å². The molecule has 1 unspecified atom stereocenters. The molecule has 5 heteroatoms. The number of carbonyl (C=O) groups is 1. The highest BCUT2D eigenvalue weighted by Crippen LogP contribution is 2.41. The van der Waals surface area contributed by atoms with Crippen LogP contribution in [0, 0.1) is 0 Å². The molecule has 0 aromatic heterocycles. The highest BCUT2D eigenvalue weighted by Gasteiger charge is 2.38. The van der Waals surface area contributed by atoms with E-state index in [0.29, 0.717) is 27.7 Å². The summed E-state index contributed by atoms with van der Waals surface area (Å²) in [5.74, 6) is -0.0546. The first-order valence-electron chi connectivity index (χ1n) is 9.42. The van der Waals surface area contributed by atoms with E-state index in [1.807, 2.05) is 71.6 Å². The predicted molar refractivity (Wildman–Crippen MR) is 116 cm³/mol. The molecule has 0 aliphatic carbocycles. The predicted octanol–water partition coefficient (Wildman–Crippen LogP) is 5.97. The van der Waals surface area contributed by atoms with E-state index in [4.69, 9.17) is 23.2 Å². The van der Waals surface area contributed by atoms with E-state index >= 15 is 0 Å². The highest BCUT2D eigenvalue weighted by atomic mass is 35.5. The van der Waals surface area contributed by atoms with Gasteiger partial charge in [-0.2, -0.15) is 0 Å². The van der Waals surface area contributed by atoms with Gasteiger partial charge in [-0.05, 0) is 66.4 Å². The number of aliphatic hydroxyl groups is 1. The fourth-order valence-electron chi connectivity index (χ4n) is 3.75. The lowest BCUT2D eigenvalue weighted by atomic mass is 9.91. The van der Waals surface area contributed by atoms with Crippen LogP contribution in [0.5, 0.6) is 0 Å². The summed E-state index contributed by atoms with van der Waals surface area (Å²) in [5, 5.41) is 11.7. The summed E-state index contributed by atoms with van der Waals surface area (Å²) >= 11 is 12.1. The standard InChI is InChI=1S/C24H21Cl2NO2/c1-24(2,29)17-7-12-20-21(13-17)23(28)27(14-15-3-8-18(25)9-4-15)22(20)16-5-10-19(26)11-6-16/h3-13,22,29H,14H2,1-2H3. The van der Waals surface area contributed by atoms with Gasteiger partial charge >= 0.3 is 0 Å². The van der Waals surface area contributed by atoms with Crippen LogP contribution in [-0.2, 0) is 12.1 Å². The third-order valence-electron chi connectivity index (χ3n) is 5.31. The Labute approximate surface area is 180 Å². The van der Waals surface area contributed by atoms with Crippen molar-refractivity contribution in [3.63, 3.8) is 0 Å². The lowest BCUT2D eigenvalue weighted by Crippen LogP contribution is -2.28. The maximum absolute atomic E-state index is 13.4. The van der Waals surface area contributed by atoms with Crippen molar-refractivity contribution in [1.82, 2.24) is 4.90 Å². The number of benzene rings is 3. The topological polar surface area (TPSA) is 40.5 Å². The van der Waals surface area contributed by atoms with Crippen molar-refractivity contribution in [2.75, 3.05) is 0 Å². The first-order chi connectivity index (χ1) is 13.7. The Balaban J connectivity index is 1.80. The molecule has 1 heterocycles. The largest absolute Gasteiger partial charge is 0.386 e. The Hall–Kier alpha value is -2.33. The van der Waals surface area contributed by atoms with Gasteiger partial charge in [-0.3, -0.25) is 4.79 Å². The van der Waals surface area contributed by atoms with Crippen molar-refractivity contribution in [2.24, 2.45) is 0 Å². The Bertz CT molecular complexity index is 1050. The molecule has 1 amide bonds.